The van der Waals surface area contributed by atoms with Crippen molar-refractivity contribution in [3.05, 3.63) is 70.3 Å². The molecular weight excluding hydrogens is 318 g/mol. The fourth-order valence-corrected chi connectivity index (χ4v) is 3.27. The van der Waals surface area contributed by atoms with Gasteiger partial charge in [0.05, 0.1) is 22.2 Å². The van der Waals surface area contributed by atoms with Crippen LogP contribution in [0.2, 0.25) is 0 Å². The van der Waals surface area contributed by atoms with E-state index in [-0.39, 0.29) is 5.69 Å². The number of nitro groups is 1. The van der Waals surface area contributed by atoms with Crippen LogP contribution in [-0.4, -0.2) is 29.2 Å². The van der Waals surface area contributed by atoms with Crippen LogP contribution < -0.4 is 0 Å². The van der Waals surface area contributed by atoms with E-state index >= 15 is 0 Å². The summed E-state index contributed by atoms with van der Waals surface area (Å²) in [6, 6.07) is 15.0. The molecule has 2 aromatic carbocycles. The van der Waals surface area contributed by atoms with Crippen molar-refractivity contribution in [2.45, 2.75) is 16.2 Å². The summed E-state index contributed by atoms with van der Waals surface area (Å²) in [5.41, 5.74) is 0.601. The lowest BCUT2D eigenvalue weighted by atomic mass is 10.1. The number of thioether (sulfide) groups is 1. The number of carbonyl (C=O) groups excluding carboxylic acids is 1. The van der Waals surface area contributed by atoms with Gasteiger partial charge in [0, 0.05) is 6.07 Å². The summed E-state index contributed by atoms with van der Waals surface area (Å²) < 4.78 is 4.59. The average Bonchev–Trinajstić information content (AvgIpc) is 2.59. The molecule has 0 amide bonds. The van der Waals surface area contributed by atoms with E-state index in [1.807, 2.05) is 0 Å². The molecule has 23 heavy (non-hydrogen) atoms. The first kappa shape index (κ1) is 17.0. The molecule has 0 saturated carbocycles. The van der Waals surface area contributed by atoms with Crippen LogP contribution in [0.3, 0.4) is 0 Å². The molecule has 0 aromatic heterocycles. The Balaban J connectivity index is 2.40. The highest BCUT2D eigenvalue weighted by molar-refractivity contribution is 7.99. The number of hydrogen-bond acceptors (Lipinski definition) is 6. The highest BCUT2D eigenvalue weighted by Gasteiger charge is 2.31. The third-order valence-corrected chi connectivity index (χ3v) is 4.56. The van der Waals surface area contributed by atoms with Crippen LogP contribution in [0, 0.1) is 10.1 Å². The molecule has 1 unspecified atom stereocenters. The van der Waals surface area contributed by atoms with Crippen LogP contribution >= 0.6 is 11.8 Å². The third-order valence-electron chi connectivity index (χ3n) is 3.17. The highest BCUT2D eigenvalue weighted by Crippen LogP contribution is 2.41. The van der Waals surface area contributed by atoms with Gasteiger partial charge in [-0.1, -0.05) is 42.5 Å². The molecule has 6 nitrogen and oxygen atoms in total. The first-order valence-corrected chi connectivity index (χ1v) is 7.63. The van der Waals surface area contributed by atoms with Gasteiger partial charge in [-0.25, -0.2) is 4.79 Å². The number of para-hydroxylation sites is 1. The van der Waals surface area contributed by atoms with Gasteiger partial charge in [0.25, 0.3) is 5.69 Å². The fraction of sp³-hybridized carbons (Fsp3) is 0.188. The first-order valence-electron chi connectivity index (χ1n) is 6.75. The van der Waals surface area contributed by atoms with Crippen molar-refractivity contribution in [3.8, 4) is 0 Å². The number of benzene rings is 2. The Labute approximate surface area is 137 Å². The molecule has 0 bridgehead atoms. The zero-order valence-electron chi connectivity index (χ0n) is 12.3. The van der Waals surface area contributed by atoms with Crippen LogP contribution in [0.15, 0.2) is 59.5 Å². The maximum absolute atomic E-state index is 11.7. The summed E-state index contributed by atoms with van der Waals surface area (Å²) in [6.45, 7) is 0. The molecule has 0 spiro atoms. The zero-order chi connectivity index (χ0) is 16.8. The van der Waals surface area contributed by atoms with Crippen molar-refractivity contribution < 1.29 is 19.6 Å². The molecule has 7 heteroatoms. The molecule has 0 aliphatic heterocycles. The van der Waals surface area contributed by atoms with Crippen molar-refractivity contribution in [1.82, 2.24) is 0 Å². The van der Waals surface area contributed by atoms with E-state index in [1.54, 1.807) is 48.5 Å². The average molecular weight is 333 g/mol. The van der Waals surface area contributed by atoms with Gasteiger partial charge in [-0.15, -0.1) is 11.8 Å². The second kappa shape index (κ2) is 7.75. The number of rotatable bonds is 6. The summed E-state index contributed by atoms with van der Waals surface area (Å²) in [7, 11) is 1.18. The fourth-order valence-electron chi connectivity index (χ4n) is 2.05. The van der Waals surface area contributed by atoms with Gasteiger partial charge in [-0.05, 0) is 11.6 Å². The molecule has 2 rings (SSSR count). The predicted octanol–water partition coefficient (Wildman–Crippen LogP) is 2.96. The number of aliphatic hydroxyl groups is 1. The van der Waals surface area contributed by atoms with Gasteiger partial charge in [0.2, 0.25) is 0 Å². The second-order valence-electron chi connectivity index (χ2n) is 4.64. The van der Waals surface area contributed by atoms with Gasteiger partial charge in [0.15, 0.2) is 6.10 Å². The standard InChI is InChI=1S/C16H15NO5S/c1-22-16(19)14(18)15(11-7-3-2-4-8-11)23-13-10-6-5-9-12(13)17(20)21/h2-10,14-15,18H,1H3/t14?,15-/m1/s1. The normalized spacial score (nSPS) is 13.1. The Morgan fingerprint density at radius 2 is 1.78 bits per heavy atom. The van der Waals surface area contributed by atoms with Crippen LogP contribution in [0.5, 0.6) is 0 Å². The number of esters is 1. The van der Waals surface area contributed by atoms with Gasteiger partial charge < -0.3 is 9.84 Å². The van der Waals surface area contributed by atoms with E-state index in [2.05, 4.69) is 4.74 Å². The van der Waals surface area contributed by atoms with Crippen molar-refractivity contribution in [2.24, 2.45) is 0 Å². The molecule has 0 fully saturated rings. The quantitative estimate of drug-likeness (QED) is 0.378. The van der Waals surface area contributed by atoms with Gasteiger partial charge in [-0.3, -0.25) is 10.1 Å². The number of nitro benzene ring substituents is 1. The van der Waals surface area contributed by atoms with Crippen LogP contribution in [-0.2, 0) is 9.53 Å². The van der Waals surface area contributed by atoms with Crippen molar-refractivity contribution in [3.63, 3.8) is 0 Å². The van der Waals surface area contributed by atoms with Crippen LogP contribution in [0.25, 0.3) is 0 Å². The van der Waals surface area contributed by atoms with Gasteiger partial charge in [0.1, 0.15) is 0 Å². The van der Waals surface area contributed by atoms with E-state index < -0.39 is 22.2 Å². The molecule has 0 aliphatic carbocycles. The van der Waals surface area contributed by atoms with Crippen LogP contribution in [0.4, 0.5) is 5.69 Å². The third kappa shape index (κ3) is 4.08. The highest BCUT2D eigenvalue weighted by atomic mass is 32.2. The minimum atomic E-state index is -1.44. The van der Waals surface area contributed by atoms with E-state index in [4.69, 9.17) is 0 Å². The molecule has 0 aliphatic rings. The number of carbonyl (C=O) groups is 1. The molecule has 0 radical (unpaired) electrons. The lowest BCUT2D eigenvalue weighted by Crippen LogP contribution is -2.27. The number of nitrogens with zero attached hydrogens (tertiary/aromatic N) is 1. The summed E-state index contributed by atoms with van der Waals surface area (Å²) >= 11 is 1.06. The first-order chi connectivity index (χ1) is 11.0. The van der Waals surface area contributed by atoms with Crippen LogP contribution in [0.1, 0.15) is 10.8 Å². The maximum atomic E-state index is 11.7. The number of methoxy groups -OCH3 is 1. The predicted molar refractivity (Wildman–Crippen MR) is 86.2 cm³/mol. The van der Waals surface area contributed by atoms with Crippen molar-refractivity contribution >= 4 is 23.4 Å². The summed E-state index contributed by atoms with van der Waals surface area (Å²) in [5, 5.41) is 20.7. The number of hydrogen-bond donors (Lipinski definition) is 1. The molecule has 0 heterocycles. The zero-order valence-corrected chi connectivity index (χ0v) is 13.1. The molecule has 120 valence electrons. The monoisotopic (exact) mass is 333 g/mol. The summed E-state index contributed by atoms with van der Waals surface area (Å²) in [5.74, 6) is -0.787. The van der Waals surface area contributed by atoms with E-state index in [1.165, 1.54) is 13.2 Å². The lowest BCUT2D eigenvalue weighted by molar-refractivity contribution is -0.387. The Bertz CT molecular complexity index is 692. The van der Waals surface area contributed by atoms with E-state index in [0.717, 1.165) is 11.8 Å². The Hall–Kier alpha value is -2.38. The van der Waals surface area contributed by atoms with E-state index in [9.17, 15) is 20.0 Å². The SMILES string of the molecule is COC(=O)C(O)[C@H](Sc1ccccc1[N+](=O)[O-])c1ccccc1. The minimum Gasteiger partial charge on any atom is -0.467 e. The van der Waals surface area contributed by atoms with E-state index in [0.29, 0.717) is 10.5 Å². The molecular formula is C16H15NO5S. The number of ether oxygens (including phenoxy) is 1. The smallest absolute Gasteiger partial charge is 0.336 e. The molecule has 2 atom stereocenters. The van der Waals surface area contributed by atoms with Crippen molar-refractivity contribution in [2.75, 3.05) is 7.11 Å². The molecule has 0 saturated heterocycles. The largest absolute Gasteiger partial charge is 0.467 e. The van der Waals surface area contributed by atoms with Crippen molar-refractivity contribution in [1.29, 1.82) is 0 Å². The Morgan fingerprint density at radius 3 is 2.39 bits per heavy atom. The maximum Gasteiger partial charge on any atom is 0.336 e. The number of aliphatic hydroxyl groups excluding tert-OH is 1. The Morgan fingerprint density at radius 1 is 1.17 bits per heavy atom. The summed E-state index contributed by atoms with van der Waals surface area (Å²) in [4.78, 5) is 22.7. The van der Waals surface area contributed by atoms with Gasteiger partial charge in [-0.2, -0.15) is 0 Å². The Kier molecular flexibility index (Phi) is 5.72. The summed E-state index contributed by atoms with van der Waals surface area (Å²) in [6.07, 6.45) is -1.44. The van der Waals surface area contributed by atoms with Gasteiger partial charge >= 0.3 is 5.97 Å². The minimum absolute atomic E-state index is 0.0736. The second-order valence-corrected chi connectivity index (χ2v) is 5.83. The topological polar surface area (TPSA) is 89.7 Å². The lowest BCUT2D eigenvalue weighted by Gasteiger charge is -2.21. The molecule has 2 aromatic rings. The molecule has 1 N–H and O–H groups in total.